The highest BCUT2D eigenvalue weighted by Gasteiger charge is 2.38. The van der Waals surface area contributed by atoms with Crippen LogP contribution in [0.15, 0.2) is 71.6 Å². The smallest absolute Gasteiger partial charge is 0.313 e. The van der Waals surface area contributed by atoms with Crippen LogP contribution in [0.25, 0.3) is 0 Å². The van der Waals surface area contributed by atoms with Crippen LogP contribution < -0.4 is 10.6 Å². The highest BCUT2D eigenvalue weighted by Crippen LogP contribution is 2.35. The minimum atomic E-state index is -4.13. The largest absolute Gasteiger partial charge is 0.338 e. The predicted molar refractivity (Wildman–Crippen MR) is 124 cm³/mol. The molecule has 0 spiro atoms. The first-order valence-corrected chi connectivity index (χ1v) is 12.1. The van der Waals surface area contributed by atoms with Gasteiger partial charge in [-0.3, -0.25) is 13.8 Å². The molecule has 2 amide bonds. The van der Waals surface area contributed by atoms with Crippen molar-refractivity contribution in [3.05, 3.63) is 94.3 Å². The van der Waals surface area contributed by atoms with Gasteiger partial charge in [-0.2, -0.15) is 8.42 Å². The van der Waals surface area contributed by atoms with Gasteiger partial charge >= 0.3 is 11.8 Å². The van der Waals surface area contributed by atoms with Crippen molar-refractivity contribution < 1.29 is 26.6 Å². The van der Waals surface area contributed by atoms with Crippen molar-refractivity contribution in [2.24, 2.45) is 0 Å². The van der Waals surface area contributed by atoms with Crippen molar-refractivity contribution >= 4 is 39.2 Å². The third kappa shape index (κ3) is 5.11. The Morgan fingerprint density at radius 2 is 1.74 bits per heavy atom. The van der Waals surface area contributed by atoms with Crippen LogP contribution in [0.3, 0.4) is 0 Å². The summed E-state index contributed by atoms with van der Waals surface area (Å²) in [6.07, 6.45) is -0.746. The van der Waals surface area contributed by atoms with Gasteiger partial charge < -0.3 is 10.6 Å². The molecule has 0 aromatic heterocycles. The summed E-state index contributed by atoms with van der Waals surface area (Å²) in [7, 11) is -4.13. The molecule has 0 fully saturated rings. The van der Waals surface area contributed by atoms with Crippen molar-refractivity contribution in [1.29, 1.82) is 0 Å². The Balaban J connectivity index is 1.53. The lowest BCUT2D eigenvalue weighted by atomic mass is 10.1. The first kappa shape index (κ1) is 23.9. The molecule has 2 unspecified atom stereocenters. The first-order chi connectivity index (χ1) is 16.1. The molecule has 0 saturated carbocycles. The van der Waals surface area contributed by atoms with E-state index in [1.165, 1.54) is 24.3 Å². The molecule has 1 aliphatic rings. The summed E-state index contributed by atoms with van der Waals surface area (Å²) in [5.74, 6) is -2.83. The number of carbonyl (C=O) groups is 2. The third-order valence-electron chi connectivity index (χ3n) is 5.41. The summed E-state index contributed by atoms with van der Waals surface area (Å²) in [4.78, 5) is 25.0. The zero-order valence-corrected chi connectivity index (χ0v) is 19.5. The topological polar surface area (TPSA) is 102 Å². The minimum Gasteiger partial charge on any atom is -0.338 e. The minimum absolute atomic E-state index is 0.0124. The zero-order chi connectivity index (χ0) is 24.5. The summed E-state index contributed by atoms with van der Waals surface area (Å²) in [6.45, 7) is 1.83. The number of anilines is 1. The van der Waals surface area contributed by atoms with Crippen LogP contribution in [0.5, 0.6) is 0 Å². The van der Waals surface area contributed by atoms with Gasteiger partial charge in [0.25, 0.3) is 10.1 Å². The van der Waals surface area contributed by atoms with Crippen LogP contribution in [-0.2, 0) is 30.3 Å². The van der Waals surface area contributed by atoms with E-state index in [1.807, 2.05) is 6.92 Å². The van der Waals surface area contributed by atoms with E-state index >= 15 is 0 Å². The molecular formula is C24H20ClFN2O5S. The second-order valence-corrected chi connectivity index (χ2v) is 9.82. The van der Waals surface area contributed by atoms with E-state index in [1.54, 1.807) is 36.4 Å². The van der Waals surface area contributed by atoms with Gasteiger partial charge in [0.15, 0.2) is 0 Å². The summed E-state index contributed by atoms with van der Waals surface area (Å²) >= 11 is 5.63. The number of hydrogen-bond acceptors (Lipinski definition) is 5. The maximum Gasteiger partial charge on any atom is 0.313 e. The molecule has 2 atom stereocenters. The maximum atomic E-state index is 13.6. The summed E-state index contributed by atoms with van der Waals surface area (Å²) in [5, 5.41) is 4.72. The van der Waals surface area contributed by atoms with Gasteiger partial charge in [0.05, 0.1) is 16.0 Å². The number of hydrogen-bond donors (Lipinski definition) is 2. The molecule has 10 heteroatoms. The van der Waals surface area contributed by atoms with E-state index in [9.17, 15) is 22.4 Å². The van der Waals surface area contributed by atoms with Crippen LogP contribution in [0.4, 0.5) is 10.1 Å². The fourth-order valence-electron chi connectivity index (χ4n) is 3.71. The zero-order valence-electron chi connectivity index (χ0n) is 17.9. The Hall–Kier alpha value is -3.27. The second kappa shape index (κ2) is 9.54. The van der Waals surface area contributed by atoms with Crippen LogP contribution in [-0.4, -0.2) is 26.3 Å². The normalized spacial score (nSPS) is 17.1. The molecule has 4 rings (SSSR count). The molecule has 0 saturated heterocycles. The second-order valence-electron chi connectivity index (χ2n) is 7.84. The Bertz CT molecular complexity index is 1360. The lowest BCUT2D eigenvalue weighted by Gasteiger charge is -2.22. The van der Waals surface area contributed by atoms with E-state index < -0.39 is 39.9 Å². The van der Waals surface area contributed by atoms with E-state index in [4.69, 9.17) is 15.8 Å². The van der Waals surface area contributed by atoms with E-state index in [-0.39, 0.29) is 22.0 Å². The van der Waals surface area contributed by atoms with Crippen molar-refractivity contribution in [3.63, 3.8) is 0 Å². The molecule has 0 bridgehead atoms. The number of nitrogens with one attached hydrogen (secondary N) is 2. The number of rotatable bonds is 5. The molecule has 34 heavy (non-hydrogen) atoms. The van der Waals surface area contributed by atoms with Crippen molar-refractivity contribution in [2.75, 3.05) is 5.32 Å². The molecule has 1 aliphatic carbocycles. The number of benzene rings is 3. The lowest BCUT2D eigenvalue weighted by molar-refractivity contribution is -0.137. The maximum absolute atomic E-state index is 13.6. The lowest BCUT2D eigenvalue weighted by Crippen LogP contribution is -2.42. The van der Waals surface area contributed by atoms with Gasteiger partial charge in [0, 0.05) is 12.1 Å². The molecule has 3 aromatic rings. The van der Waals surface area contributed by atoms with E-state index in [0.717, 1.165) is 17.2 Å². The molecule has 7 nitrogen and oxygen atoms in total. The fourth-order valence-corrected chi connectivity index (χ4v) is 4.91. The number of aryl methyl sites for hydroxylation is 1. The molecule has 176 valence electrons. The van der Waals surface area contributed by atoms with Crippen LogP contribution in [0.1, 0.15) is 22.7 Å². The highest BCUT2D eigenvalue weighted by atomic mass is 35.5. The van der Waals surface area contributed by atoms with Crippen molar-refractivity contribution in [1.82, 2.24) is 5.32 Å². The molecule has 0 aliphatic heterocycles. The standard InChI is InChI=1S/C24H20ClFN2O5S/c1-14-6-9-17(10-7-14)34(31,32)33-21-12-15-4-2-3-5-18(15)22(21)28-24(30)23(29)27-16-8-11-19(25)20(26)13-16/h2-11,13,21-22H,12H2,1H3,(H,27,29)(H,28,30). The monoisotopic (exact) mass is 502 g/mol. The summed E-state index contributed by atoms with van der Waals surface area (Å²) in [5.41, 5.74) is 2.37. The Labute approximate surface area is 201 Å². The Morgan fingerprint density at radius 3 is 2.44 bits per heavy atom. The van der Waals surface area contributed by atoms with Gasteiger partial charge in [-0.05, 0) is 48.4 Å². The molecule has 3 aromatic carbocycles. The van der Waals surface area contributed by atoms with Gasteiger partial charge in [-0.15, -0.1) is 0 Å². The Morgan fingerprint density at radius 1 is 1.03 bits per heavy atom. The predicted octanol–water partition coefficient (Wildman–Crippen LogP) is 3.91. The van der Waals surface area contributed by atoms with Gasteiger partial charge in [-0.25, -0.2) is 4.39 Å². The van der Waals surface area contributed by atoms with E-state index in [0.29, 0.717) is 5.56 Å². The quantitative estimate of drug-likeness (QED) is 0.407. The molecular weight excluding hydrogens is 483 g/mol. The molecule has 0 radical (unpaired) electrons. The van der Waals surface area contributed by atoms with Crippen molar-refractivity contribution in [2.45, 2.75) is 30.4 Å². The number of amides is 2. The molecule has 0 heterocycles. The van der Waals surface area contributed by atoms with E-state index in [2.05, 4.69) is 10.6 Å². The van der Waals surface area contributed by atoms with Crippen molar-refractivity contribution in [3.8, 4) is 0 Å². The SMILES string of the molecule is Cc1ccc(S(=O)(=O)OC2Cc3ccccc3C2NC(=O)C(=O)Nc2ccc(Cl)c(F)c2)cc1. The van der Waals surface area contributed by atoms with Crippen LogP contribution in [0, 0.1) is 12.7 Å². The third-order valence-corrected chi connectivity index (χ3v) is 7.07. The van der Waals surface area contributed by atoms with Gasteiger partial charge in [0.1, 0.15) is 11.9 Å². The Kier molecular flexibility index (Phi) is 6.70. The van der Waals surface area contributed by atoms with Crippen LogP contribution in [0.2, 0.25) is 5.02 Å². The average Bonchev–Trinajstić information content (AvgIpc) is 3.12. The van der Waals surface area contributed by atoms with Gasteiger partial charge in [-0.1, -0.05) is 53.6 Å². The number of halogens is 2. The fraction of sp³-hybridized carbons (Fsp3) is 0.167. The average molecular weight is 503 g/mol. The van der Waals surface area contributed by atoms with Gasteiger partial charge in [0.2, 0.25) is 0 Å². The highest BCUT2D eigenvalue weighted by molar-refractivity contribution is 7.86. The van der Waals surface area contributed by atoms with Crippen LogP contribution >= 0.6 is 11.6 Å². The summed E-state index contributed by atoms with van der Waals surface area (Å²) < 4.78 is 44.9. The number of fused-ring (bicyclic) bond motifs is 1. The summed E-state index contributed by atoms with van der Waals surface area (Å²) in [6, 6.07) is 15.9. The first-order valence-electron chi connectivity index (χ1n) is 10.3. The molecule has 2 N–H and O–H groups in total. The number of carbonyl (C=O) groups excluding carboxylic acids is 2.